The topological polar surface area (TPSA) is 85.2 Å². The van der Waals surface area contributed by atoms with Crippen LogP contribution < -0.4 is 0 Å². The number of azo groups is 1. The number of carbonyl (C=O) groups is 1. The normalized spacial score (nSPS) is 15.8. The van der Waals surface area contributed by atoms with Crippen LogP contribution in [-0.2, 0) is 14.3 Å². The fraction of sp³-hybridized carbons (Fsp3) is 0.211. The van der Waals surface area contributed by atoms with Gasteiger partial charge in [0.2, 0.25) is 0 Å². The van der Waals surface area contributed by atoms with E-state index in [4.69, 9.17) is 27.4 Å². The van der Waals surface area contributed by atoms with E-state index in [1.165, 1.54) is 30.3 Å². The van der Waals surface area contributed by atoms with Crippen molar-refractivity contribution in [3.63, 3.8) is 0 Å². The Kier molecular flexibility index (Phi) is 5.36. The Labute approximate surface area is 173 Å². The molecule has 28 heavy (non-hydrogen) atoms. The van der Waals surface area contributed by atoms with E-state index in [2.05, 4.69) is 10.2 Å². The Hall–Kier alpha value is -2.22. The van der Waals surface area contributed by atoms with Crippen molar-refractivity contribution in [2.45, 2.75) is 31.2 Å². The quantitative estimate of drug-likeness (QED) is 0.465. The Morgan fingerprint density at radius 3 is 2.32 bits per heavy atom. The zero-order valence-corrected chi connectivity index (χ0v) is 17.6. The molecule has 0 bridgehead atoms. The molecular formula is C19H16Cl2N2O4S. The third-order valence-corrected chi connectivity index (χ3v) is 5.89. The van der Waals surface area contributed by atoms with E-state index < -0.39 is 21.4 Å². The van der Waals surface area contributed by atoms with Crippen LogP contribution in [0.25, 0.3) is 0 Å². The Morgan fingerprint density at radius 2 is 1.71 bits per heavy atom. The maximum absolute atomic E-state index is 13.1. The van der Waals surface area contributed by atoms with Crippen molar-refractivity contribution in [2.75, 3.05) is 0 Å². The molecule has 1 heterocycles. The number of hydrogen-bond donors (Lipinski definition) is 0. The molecule has 0 unspecified atom stereocenters. The maximum Gasteiger partial charge on any atom is 0.340 e. The molecule has 6 nitrogen and oxygen atoms in total. The van der Waals surface area contributed by atoms with Crippen LogP contribution in [0.1, 0.15) is 29.8 Å². The van der Waals surface area contributed by atoms with Crippen molar-refractivity contribution < 1.29 is 17.4 Å². The number of halogens is 2. The first kappa shape index (κ1) is 20.5. The molecule has 0 aromatic heterocycles. The molecule has 2 aromatic carbocycles. The number of ketones is 1. The van der Waals surface area contributed by atoms with Crippen LogP contribution in [0.5, 0.6) is 0 Å². The molecule has 0 saturated carbocycles. The van der Waals surface area contributed by atoms with Gasteiger partial charge in [-0.1, -0.05) is 40.9 Å². The van der Waals surface area contributed by atoms with Gasteiger partial charge in [0.15, 0.2) is 5.78 Å². The molecular weight excluding hydrogens is 423 g/mol. The van der Waals surface area contributed by atoms with Crippen LogP contribution in [0.15, 0.2) is 69.0 Å². The van der Waals surface area contributed by atoms with Crippen LogP contribution in [0.3, 0.4) is 0 Å². The van der Waals surface area contributed by atoms with Crippen LogP contribution in [0.2, 0.25) is 10.0 Å². The minimum absolute atomic E-state index is 0.00703. The van der Waals surface area contributed by atoms with E-state index in [0.29, 0.717) is 5.02 Å². The highest BCUT2D eigenvalue weighted by Gasteiger charge is 2.40. The van der Waals surface area contributed by atoms with Gasteiger partial charge < -0.3 is 4.18 Å². The number of hydrogen-bond acceptors (Lipinski definition) is 6. The van der Waals surface area contributed by atoms with E-state index >= 15 is 0 Å². The Morgan fingerprint density at radius 1 is 1.07 bits per heavy atom. The third kappa shape index (κ3) is 3.97. The fourth-order valence-corrected chi connectivity index (χ4v) is 4.02. The molecule has 0 saturated heterocycles. The number of rotatable bonds is 5. The molecule has 0 fully saturated rings. The summed E-state index contributed by atoms with van der Waals surface area (Å²) in [6, 6.07) is 10.5. The molecule has 0 radical (unpaired) electrons. The maximum atomic E-state index is 13.1. The van der Waals surface area contributed by atoms with Gasteiger partial charge in [-0.3, -0.25) is 4.79 Å². The van der Waals surface area contributed by atoms with Crippen molar-refractivity contribution in [3.8, 4) is 0 Å². The summed E-state index contributed by atoms with van der Waals surface area (Å²) in [6.07, 6.45) is 0. The average Bonchev–Trinajstić information content (AvgIpc) is 2.88. The van der Waals surface area contributed by atoms with Gasteiger partial charge in [-0.15, -0.1) is 5.11 Å². The Balaban J connectivity index is 2.04. The van der Waals surface area contributed by atoms with Gasteiger partial charge in [-0.05, 0) is 51.1 Å². The summed E-state index contributed by atoms with van der Waals surface area (Å²) in [5, 5.41) is 8.30. The molecule has 2 aromatic rings. The summed E-state index contributed by atoms with van der Waals surface area (Å²) >= 11 is 12.0. The van der Waals surface area contributed by atoms with Crippen LogP contribution >= 0.6 is 23.2 Å². The van der Waals surface area contributed by atoms with Crippen molar-refractivity contribution >= 4 is 39.1 Å². The molecule has 3 rings (SSSR count). The van der Waals surface area contributed by atoms with E-state index in [1.807, 2.05) is 6.92 Å². The second kappa shape index (κ2) is 7.31. The van der Waals surface area contributed by atoms with Gasteiger partial charge in [0.1, 0.15) is 10.4 Å². The Bertz CT molecular complexity index is 1120. The number of carbonyl (C=O) groups excluding carboxylic acids is 1. The highest BCUT2D eigenvalue weighted by atomic mass is 35.5. The van der Waals surface area contributed by atoms with Gasteiger partial charge >= 0.3 is 10.1 Å². The van der Waals surface area contributed by atoms with Crippen LogP contribution in [0, 0.1) is 6.92 Å². The van der Waals surface area contributed by atoms with Gasteiger partial charge in [0.25, 0.3) is 5.88 Å². The second-order valence-electron chi connectivity index (χ2n) is 6.74. The van der Waals surface area contributed by atoms with E-state index in [9.17, 15) is 13.2 Å². The highest BCUT2D eigenvalue weighted by molar-refractivity contribution is 7.86. The van der Waals surface area contributed by atoms with Crippen LogP contribution in [-0.4, -0.2) is 19.7 Å². The summed E-state index contributed by atoms with van der Waals surface area (Å²) < 4.78 is 30.4. The van der Waals surface area contributed by atoms with Crippen LogP contribution in [0.4, 0.5) is 0 Å². The highest BCUT2D eigenvalue weighted by Crippen LogP contribution is 2.37. The van der Waals surface area contributed by atoms with Gasteiger partial charge in [-0.2, -0.15) is 13.5 Å². The zero-order chi connectivity index (χ0) is 20.7. The predicted molar refractivity (Wildman–Crippen MR) is 106 cm³/mol. The molecule has 0 atom stereocenters. The molecule has 1 aliphatic heterocycles. The fourth-order valence-electron chi connectivity index (χ4n) is 2.63. The summed E-state index contributed by atoms with van der Waals surface area (Å²) in [5.41, 5.74) is -0.0474. The number of aryl methyl sites for hydroxylation is 1. The number of benzene rings is 2. The third-order valence-electron chi connectivity index (χ3n) is 4.12. The first-order valence-electron chi connectivity index (χ1n) is 8.20. The van der Waals surface area contributed by atoms with E-state index in [0.717, 1.165) is 5.56 Å². The summed E-state index contributed by atoms with van der Waals surface area (Å²) in [5.74, 6) is -0.910. The van der Waals surface area contributed by atoms with Crippen molar-refractivity contribution in [2.24, 2.45) is 10.2 Å². The molecule has 0 amide bonds. The minimum atomic E-state index is -4.19. The summed E-state index contributed by atoms with van der Waals surface area (Å²) in [4.78, 5) is 13.0. The van der Waals surface area contributed by atoms with Gasteiger partial charge in [0, 0.05) is 10.6 Å². The summed E-state index contributed by atoms with van der Waals surface area (Å²) in [6.45, 7) is 5.09. The van der Waals surface area contributed by atoms with Crippen molar-refractivity contribution in [1.82, 2.24) is 0 Å². The first-order chi connectivity index (χ1) is 13.0. The van der Waals surface area contributed by atoms with Crippen molar-refractivity contribution in [1.29, 1.82) is 0 Å². The molecule has 0 aliphatic carbocycles. The SMILES string of the molecule is Cc1ccc(S(=O)(=O)OC2=C(C(=O)c3ccc(Cl)cc3Cl)C(C)(C)N=N2)cc1. The zero-order valence-electron chi connectivity index (χ0n) is 15.2. The molecule has 0 N–H and O–H groups in total. The van der Waals surface area contributed by atoms with E-state index in [1.54, 1.807) is 26.0 Å². The largest absolute Gasteiger partial charge is 0.356 e. The standard InChI is InChI=1S/C19H16Cl2N2O4S/c1-11-4-7-13(8-5-11)28(25,26)27-18-16(19(2,3)23-22-18)17(24)14-9-6-12(20)10-15(14)21/h4-10H,1-3H3. The lowest BCUT2D eigenvalue weighted by atomic mass is 9.89. The minimum Gasteiger partial charge on any atom is -0.356 e. The van der Waals surface area contributed by atoms with Crippen molar-refractivity contribution in [3.05, 3.63) is 75.1 Å². The average molecular weight is 439 g/mol. The number of Topliss-reactive ketones (excluding diaryl/α,β-unsaturated/α-hetero) is 1. The lowest BCUT2D eigenvalue weighted by molar-refractivity contribution is 0.102. The summed E-state index contributed by atoms with van der Waals surface area (Å²) in [7, 11) is -4.19. The lowest BCUT2D eigenvalue weighted by Gasteiger charge is -2.17. The van der Waals surface area contributed by atoms with E-state index in [-0.39, 0.29) is 26.9 Å². The molecule has 9 heteroatoms. The van der Waals surface area contributed by atoms with Gasteiger partial charge in [-0.25, -0.2) is 0 Å². The molecule has 0 spiro atoms. The monoisotopic (exact) mass is 438 g/mol. The second-order valence-corrected chi connectivity index (χ2v) is 9.13. The first-order valence-corrected chi connectivity index (χ1v) is 10.4. The lowest BCUT2D eigenvalue weighted by Crippen LogP contribution is -2.25. The number of nitrogens with zero attached hydrogens (tertiary/aromatic N) is 2. The smallest absolute Gasteiger partial charge is 0.340 e. The predicted octanol–water partition coefficient (Wildman–Crippen LogP) is 5.35. The molecule has 1 aliphatic rings. The molecule has 146 valence electrons. The van der Waals surface area contributed by atoms with Gasteiger partial charge in [0.05, 0.1) is 10.6 Å².